The normalized spacial score (nSPS) is 10.4. The zero-order valence-corrected chi connectivity index (χ0v) is 8.70. The Bertz CT molecular complexity index is 439. The van der Waals surface area contributed by atoms with Crippen LogP contribution >= 0.6 is 23.2 Å². The van der Waals surface area contributed by atoms with Crippen molar-refractivity contribution in [3.63, 3.8) is 0 Å². The second-order valence-electron chi connectivity index (χ2n) is 2.71. The lowest BCUT2D eigenvalue weighted by molar-refractivity contribution is 0.993. The highest BCUT2D eigenvalue weighted by Crippen LogP contribution is 2.17. The molecule has 2 aromatic rings. The predicted octanol–water partition coefficient (Wildman–Crippen LogP) is 2.66. The predicted molar refractivity (Wildman–Crippen MR) is 55.9 cm³/mol. The Labute approximate surface area is 91.3 Å². The molecule has 14 heavy (non-hydrogen) atoms. The lowest BCUT2D eigenvalue weighted by atomic mass is 10.4. The van der Waals surface area contributed by atoms with E-state index in [4.69, 9.17) is 23.2 Å². The minimum atomic E-state index is 0.386. The van der Waals surface area contributed by atoms with E-state index in [9.17, 15) is 0 Å². The second-order valence-corrected chi connectivity index (χ2v) is 3.39. The number of nitrogens with zero attached hydrogens (tertiary/aromatic N) is 3. The van der Waals surface area contributed by atoms with Crippen molar-refractivity contribution in [1.29, 1.82) is 0 Å². The molecule has 0 atom stereocenters. The molecular formula is C9H7Cl2N3. The van der Waals surface area contributed by atoms with Gasteiger partial charge in [0.05, 0.1) is 16.6 Å². The summed E-state index contributed by atoms with van der Waals surface area (Å²) in [5, 5.41) is 0.589. The van der Waals surface area contributed by atoms with Gasteiger partial charge in [0.25, 0.3) is 0 Å². The lowest BCUT2D eigenvalue weighted by Gasteiger charge is -2.01. The quantitative estimate of drug-likeness (QED) is 0.739. The van der Waals surface area contributed by atoms with Gasteiger partial charge >= 0.3 is 0 Å². The Morgan fingerprint density at radius 2 is 2.21 bits per heavy atom. The zero-order chi connectivity index (χ0) is 9.97. The molecular weight excluding hydrogens is 221 g/mol. The average Bonchev–Trinajstić information content (AvgIpc) is 2.67. The Hall–Kier alpha value is -1.06. The lowest BCUT2D eigenvalue weighted by Crippen LogP contribution is -1.94. The van der Waals surface area contributed by atoms with Crippen molar-refractivity contribution >= 4 is 23.2 Å². The number of halogens is 2. The molecule has 3 nitrogen and oxygen atoms in total. The van der Waals surface area contributed by atoms with E-state index in [1.54, 1.807) is 35.4 Å². The van der Waals surface area contributed by atoms with E-state index < -0.39 is 0 Å². The van der Waals surface area contributed by atoms with E-state index in [1.807, 2.05) is 0 Å². The van der Waals surface area contributed by atoms with Gasteiger partial charge in [0.15, 0.2) is 5.82 Å². The number of imidazole rings is 1. The third kappa shape index (κ3) is 1.74. The van der Waals surface area contributed by atoms with Gasteiger partial charge in [-0.1, -0.05) is 11.6 Å². The molecule has 0 spiro atoms. The third-order valence-corrected chi connectivity index (χ3v) is 2.33. The van der Waals surface area contributed by atoms with Crippen LogP contribution in [-0.4, -0.2) is 14.5 Å². The molecule has 2 heterocycles. The van der Waals surface area contributed by atoms with Crippen molar-refractivity contribution in [3.05, 3.63) is 41.6 Å². The minimum absolute atomic E-state index is 0.386. The van der Waals surface area contributed by atoms with Crippen molar-refractivity contribution in [2.45, 2.75) is 5.88 Å². The first-order chi connectivity index (χ1) is 6.81. The van der Waals surface area contributed by atoms with Crippen LogP contribution in [0.4, 0.5) is 0 Å². The molecule has 0 N–H and O–H groups in total. The summed E-state index contributed by atoms with van der Waals surface area (Å²) in [6.07, 6.45) is 5.13. The second kappa shape index (κ2) is 3.98. The van der Waals surface area contributed by atoms with Gasteiger partial charge in [-0.2, -0.15) is 0 Å². The summed E-state index contributed by atoms with van der Waals surface area (Å²) < 4.78 is 1.75. The molecule has 0 bridgehead atoms. The fourth-order valence-electron chi connectivity index (χ4n) is 1.12. The first-order valence-corrected chi connectivity index (χ1v) is 4.92. The molecule has 0 saturated heterocycles. The SMILES string of the molecule is ClCc1cn(-c2ncccc2Cl)cn1. The van der Waals surface area contributed by atoms with E-state index >= 15 is 0 Å². The van der Waals surface area contributed by atoms with Crippen LogP contribution in [0.1, 0.15) is 5.69 Å². The number of hydrogen-bond acceptors (Lipinski definition) is 2. The van der Waals surface area contributed by atoms with Crippen molar-refractivity contribution in [2.24, 2.45) is 0 Å². The fourth-order valence-corrected chi connectivity index (χ4v) is 1.47. The molecule has 0 saturated carbocycles. The monoisotopic (exact) mass is 227 g/mol. The largest absolute Gasteiger partial charge is 0.289 e. The van der Waals surface area contributed by atoms with Crippen LogP contribution in [-0.2, 0) is 5.88 Å². The average molecular weight is 228 g/mol. The molecule has 5 heteroatoms. The van der Waals surface area contributed by atoms with Gasteiger partial charge in [-0.05, 0) is 12.1 Å². The highest BCUT2D eigenvalue weighted by atomic mass is 35.5. The molecule has 0 amide bonds. The van der Waals surface area contributed by atoms with Crippen molar-refractivity contribution in [3.8, 4) is 5.82 Å². The van der Waals surface area contributed by atoms with Crippen LogP contribution in [0.2, 0.25) is 5.02 Å². The Balaban J connectivity index is 2.44. The van der Waals surface area contributed by atoms with Gasteiger partial charge in [0.1, 0.15) is 6.33 Å². The highest BCUT2D eigenvalue weighted by molar-refractivity contribution is 6.32. The van der Waals surface area contributed by atoms with E-state index in [-0.39, 0.29) is 0 Å². The minimum Gasteiger partial charge on any atom is -0.289 e. The number of pyridine rings is 1. The molecule has 0 aromatic carbocycles. The molecule has 0 aliphatic heterocycles. The molecule has 0 fully saturated rings. The summed E-state index contributed by atoms with van der Waals surface area (Å²) in [7, 11) is 0. The number of hydrogen-bond donors (Lipinski definition) is 0. The van der Waals surface area contributed by atoms with Crippen molar-refractivity contribution < 1.29 is 0 Å². The summed E-state index contributed by atoms with van der Waals surface area (Å²) in [6, 6.07) is 3.56. The maximum Gasteiger partial charge on any atom is 0.156 e. The van der Waals surface area contributed by atoms with Crippen LogP contribution in [0, 0.1) is 0 Å². The number of alkyl halides is 1. The maximum atomic E-state index is 5.97. The van der Waals surface area contributed by atoms with Crippen molar-refractivity contribution in [2.75, 3.05) is 0 Å². The van der Waals surface area contributed by atoms with E-state index in [2.05, 4.69) is 9.97 Å². The molecule has 0 aliphatic carbocycles. The molecule has 2 rings (SSSR count). The van der Waals surface area contributed by atoms with Crippen LogP contribution in [0.5, 0.6) is 0 Å². The van der Waals surface area contributed by atoms with Gasteiger partial charge in [-0.25, -0.2) is 9.97 Å². The Kier molecular flexibility index (Phi) is 2.70. The fraction of sp³-hybridized carbons (Fsp3) is 0.111. The topological polar surface area (TPSA) is 30.7 Å². The van der Waals surface area contributed by atoms with E-state index in [1.165, 1.54) is 0 Å². The smallest absolute Gasteiger partial charge is 0.156 e. The molecule has 0 aliphatic rings. The molecule has 2 aromatic heterocycles. The summed E-state index contributed by atoms with van der Waals surface area (Å²) in [4.78, 5) is 8.23. The van der Waals surface area contributed by atoms with Crippen LogP contribution in [0.3, 0.4) is 0 Å². The Morgan fingerprint density at radius 1 is 1.36 bits per heavy atom. The highest BCUT2D eigenvalue weighted by Gasteiger charge is 2.04. The van der Waals surface area contributed by atoms with Crippen LogP contribution < -0.4 is 0 Å². The number of rotatable bonds is 2. The molecule has 0 radical (unpaired) electrons. The summed E-state index contributed by atoms with van der Waals surface area (Å²) in [5.74, 6) is 1.05. The van der Waals surface area contributed by atoms with Crippen LogP contribution in [0.25, 0.3) is 5.82 Å². The third-order valence-electron chi connectivity index (χ3n) is 1.76. The van der Waals surface area contributed by atoms with Gasteiger partial charge in [0.2, 0.25) is 0 Å². The molecule has 72 valence electrons. The Morgan fingerprint density at radius 3 is 2.86 bits per heavy atom. The van der Waals surface area contributed by atoms with Gasteiger partial charge in [-0.3, -0.25) is 4.57 Å². The van der Waals surface area contributed by atoms with Crippen molar-refractivity contribution in [1.82, 2.24) is 14.5 Å². The summed E-state index contributed by atoms with van der Waals surface area (Å²) >= 11 is 11.6. The first-order valence-electron chi connectivity index (χ1n) is 4.01. The van der Waals surface area contributed by atoms with Gasteiger partial charge in [-0.15, -0.1) is 11.6 Å². The maximum absolute atomic E-state index is 5.97. The molecule has 0 unspecified atom stereocenters. The summed E-state index contributed by atoms with van der Waals surface area (Å²) in [6.45, 7) is 0. The zero-order valence-electron chi connectivity index (χ0n) is 7.19. The van der Waals surface area contributed by atoms with Crippen LogP contribution in [0.15, 0.2) is 30.9 Å². The van der Waals surface area contributed by atoms with Gasteiger partial charge in [0, 0.05) is 12.4 Å². The van der Waals surface area contributed by atoms with E-state index in [0.717, 1.165) is 5.69 Å². The first kappa shape index (κ1) is 9.49. The van der Waals surface area contributed by atoms with E-state index in [0.29, 0.717) is 16.7 Å². The standard InChI is InChI=1S/C9H7Cl2N3/c10-4-7-5-14(6-13-7)9-8(11)2-1-3-12-9/h1-3,5-6H,4H2. The van der Waals surface area contributed by atoms with Gasteiger partial charge < -0.3 is 0 Å². The number of aromatic nitrogens is 3. The summed E-state index contributed by atoms with van der Waals surface area (Å²) in [5.41, 5.74) is 0.799.